The van der Waals surface area contributed by atoms with Gasteiger partial charge < -0.3 is 29.7 Å². The monoisotopic (exact) mass is 981 g/mol. The minimum atomic E-state index is -0.384. The van der Waals surface area contributed by atoms with Crippen LogP contribution >= 0.6 is 11.6 Å². The molecule has 5 aromatic rings. The molecule has 4 aliphatic heterocycles. The van der Waals surface area contributed by atoms with Crippen molar-refractivity contribution in [3.05, 3.63) is 93.7 Å². The Labute approximate surface area is 423 Å². The Hall–Kier alpha value is -5.98. The quantitative estimate of drug-likeness (QED) is 0.143. The molecule has 1 N–H and O–H groups in total. The first-order chi connectivity index (χ1) is 33.9. The second-order valence-corrected chi connectivity index (χ2v) is 22.9. The second-order valence-electron chi connectivity index (χ2n) is 22.5. The van der Waals surface area contributed by atoms with Crippen molar-refractivity contribution in [3.8, 4) is 22.9 Å². The molecule has 0 bridgehead atoms. The highest BCUT2D eigenvalue weighted by molar-refractivity contribution is 6.31. The number of carbonyl (C=O) groups excluding carboxylic acids is 2. The molecule has 3 aromatic heterocycles. The zero-order valence-corrected chi connectivity index (χ0v) is 43.6. The van der Waals surface area contributed by atoms with Crippen LogP contribution in [0, 0.1) is 46.8 Å². The Bertz CT molecular complexity index is 2850. The van der Waals surface area contributed by atoms with E-state index in [9.17, 15) is 14.9 Å². The van der Waals surface area contributed by atoms with Gasteiger partial charge in [0, 0.05) is 130 Å². The van der Waals surface area contributed by atoms with Gasteiger partial charge in [0.1, 0.15) is 17.9 Å². The van der Waals surface area contributed by atoms with Crippen LogP contribution in [0.2, 0.25) is 5.02 Å². The number of hydrogen-bond donors (Lipinski definition) is 1. The maximum atomic E-state index is 13.7. The number of hydrogen-bond acceptors (Lipinski definition) is 11. The highest BCUT2D eigenvalue weighted by atomic mass is 35.5. The van der Waals surface area contributed by atoms with Gasteiger partial charge in [0.2, 0.25) is 11.9 Å². The van der Waals surface area contributed by atoms with E-state index < -0.39 is 0 Å². The SMILES string of the molecule is CC(=O)N1CCc2c(c(N3CCCc4cc(-c5cnn(C)c5)c(C)cc43)nn2C2CCN(CC3[C@H](C)CN(c4ncc(C(=O)NC5C(C)(C)C(Oc6ccc(C#N)c(Cl)c6)C5(C)C)cn4)C[C@@H]3C)CC2)C1. The van der Waals surface area contributed by atoms with Gasteiger partial charge in [-0.05, 0) is 91.3 Å². The van der Waals surface area contributed by atoms with E-state index in [1.54, 1.807) is 37.5 Å². The van der Waals surface area contributed by atoms with Crippen LogP contribution in [0.4, 0.5) is 17.5 Å². The lowest BCUT2D eigenvalue weighted by Crippen LogP contribution is -2.74. The number of rotatable bonds is 10. The van der Waals surface area contributed by atoms with Gasteiger partial charge in [-0.15, -0.1) is 0 Å². The summed E-state index contributed by atoms with van der Waals surface area (Å²) in [6, 6.07) is 12.0. The van der Waals surface area contributed by atoms with Gasteiger partial charge >= 0.3 is 0 Å². The summed E-state index contributed by atoms with van der Waals surface area (Å²) < 4.78 is 10.7. The molecule has 71 heavy (non-hydrogen) atoms. The average molecular weight is 982 g/mol. The summed E-state index contributed by atoms with van der Waals surface area (Å²) in [4.78, 5) is 45.3. The normalized spacial score (nSPS) is 24.1. The number of benzene rings is 2. The summed E-state index contributed by atoms with van der Waals surface area (Å²) >= 11 is 6.30. The lowest BCUT2D eigenvalue weighted by molar-refractivity contribution is -0.164. The van der Waals surface area contributed by atoms with Gasteiger partial charge in [0.05, 0.1) is 34.9 Å². The van der Waals surface area contributed by atoms with Crippen molar-refractivity contribution in [2.75, 3.05) is 55.6 Å². The Balaban J connectivity index is 0.759. The molecule has 0 spiro atoms. The third kappa shape index (κ3) is 9.04. The van der Waals surface area contributed by atoms with Crippen LogP contribution < -0.4 is 19.9 Å². The molecule has 1 aliphatic carbocycles. The molecule has 2 saturated heterocycles. The highest BCUT2D eigenvalue weighted by Crippen LogP contribution is 2.56. The lowest BCUT2D eigenvalue weighted by Gasteiger charge is -2.63. The van der Waals surface area contributed by atoms with E-state index in [1.165, 1.54) is 33.6 Å². The topological polar surface area (TPSA) is 154 Å². The molecular weight excluding hydrogens is 912 g/mol. The number of anilines is 3. The van der Waals surface area contributed by atoms with E-state index in [4.69, 9.17) is 31.4 Å². The number of likely N-dealkylation sites (tertiary alicyclic amines) is 1. The fourth-order valence-corrected chi connectivity index (χ4v) is 13.4. The molecule has 16 heteroatoms. The standard InChI is InChI=1S/C55H69ClN12O3/c1-33-21-48-37(22-43(33)40-27-60-63(9)30-40)11-10-17-67(48)49-45-32-65(36(4)69)20-16-47(45)68(62-49)41-14-18-64(19-15-41)31-44-34(2)28-66(29-35(44)3)53-58-25-39(26-59-53)50(70)61-51-54(5,6)52(55(51,7)8)71-42-13-12-38(24-57)46(56)23-42/h12-13,21-23,25-27,30,34-35,41,44,51-52H,10-11,14-20,28-29,31-32H2,1-9H3,(H,61,70)/t34-,35+,44?,51?,52?. The maximum Gasteiger partial charge on any atom is 0.254 e. The van der Waals surface area contributed by atoms with Crippen LogP contribution in [-0.2, 0) is 31.2 Å². The number of amides is 2. The Morgan fingerprint density at radius 1 is 0.958 bits per heavy atom. The van der Waals surface area contributed by atoms with E-state index in [2.05, 4.69) is 103 Å². The summed E-state index contributed by atoms with van der Waals surface area (Å²) in [6.07, 6.45) is 12.1. The molecule has 15 nitrogen and oxygen atoms in total. The van der Waals surface area contributed by atoms with Crippen LogP contribution in [0.1, 0.15) is 112 Å². The molecule has 10 rings (SSSR count). The van der Waals surface area contributed by atoms with Crippen molar-refractivity contribution < 1.29 is 14.3 Å². The second kappa shape index (κ2) is 18.9. The van der Waals surface area contributed by atoms with Gasteiger partial charge in [-0.1, -0.05) is 53.1 Å². The van der Waals surface area contributed by atoms with Crippen LogP contribution in [0.25, 0.3) is 11.1 Å². The van der Waals surface area contributed by atoms with Crippen LogP contribution in [-0.4, -0.2) is 109 Å². The van der Waals surface area contributed by atoms with E-state index in [1.807, 2.05) is 22.8 Å². The predicted molar refractivity (Wildman–Crippen MR) is 276 cm³/mol. The molecule has 7 heterocycles. The molecule has 1 unspecified atom stereocenters. The number of halogens is 1. The smallest absolute Gasteiger partial charge is 0.254 e. The third-order valence-electron chi connectivity index (χ3n) is 16.8. The van der Waals surface area contributed by atoms with Gasteiger partial charge in [0.25, 0.3) is 5.91 Å². The predicted octanol–water partition coefficient (Wildman–Crippen LogP) is 8.55. The molecule has 5 aliphatic rings. The number of aromatic nitrogens is 6. The molecule has 3 fully saturated rings. The summed E-state index contributed by atoms with van der Waals surface area (Å²) in [5.41, 5.74) is 8.73. The zero-order chi connectivity index (χ0) is 50.1. The Kier molecular flexibility index (Phi) is 12.9. The molecule has 3 atom stereocenters. The van der Waals surface area contributed by atoms with E-state index in [0.29, 0.717) is 58.2 Å². The molecule has 0 radical (unpaired) electrons. The number of aryl methyl sites for hydroxylation is 3. The summed E-state index contributed by atoms with van der Waals surface area (Å²) in [7, 11) is 1.96. The van der Waals surface area contributed by atoms with Crippen molar-refractivity contribution >= 4 is 40.9 Å². The number of fused-ring (bicyclic) bond motifs is 2. The molecule has 1 saturated carbocycles. The first-order valence-corrected chi connectivity index (χ1v) is 26.0. The lowest BCUT2D eigenvalue weighted by atomic mass is 9.49. The maximum absolute atomic E-state index is 13.7. The van der Waals surface area contributed by atoms with Crippen molar-refractivity contribution in [3.63, 3.8) is 0 Å². The first-order valence-electron chi connectivity index (χ1n) is 25.6. The Morgan fingerprint density at radius 2 is 1.68 bits per heavy atom. The molecule has 2 amide bonds. The van der Waals surface area contributed by atoms with Crippen molar-refractivity contribution in [2.45, 2.75) is 112 Å². The van der Waals surface area contributed by atoms with Gasteiger partial charge in [0.15, 0.2) is 5.82 Å². The van der Waals surface area contributed by atoms with Crippen LogP contribution in [0.3, 0.4) is 0 Å². The van der Waals surface area contributed by atoms with Crippen molar-refractivity contribution in [1.29, 1.82) is 5.26 Å². The number of nitrogens with zero attached hydrogens (tertiary/aromatic N) is 11. The van der Waals surface area contributed by atoms with Crippen LogP contribution in [0.5, 0.6) is 5.75 Å². The minimum Gasteiger partial charge on any atom is -0.489 e. The van der Waals surface area contributed by atoms with Gasteiger partial charge in [-0.3, -0.25) is 19.0 Å². The van der Waals surface area contributed by atoms with Crippen LogP contribution in [0.15, 0.2) is 55.1 Å². The summed E-state index contributed by atoms with van der Waals surface area (Å²) in [5, 5.41) is 22.9. The third-order valence-corrected chi connectivity index (χ3v) is 17.1. The fraction of sp³-hybridized carbons (Fsp3) is 0.545. The number of piperidine rings is 2. The number of carbonyl (C=O) groups is 2. The number of nitriles is 1. The van der Waals surface area contributed by atoms with E-state index in [-0.39, 0.29) is 34.8 Å². The highest BCUT2D eigenvalue weighted by Gasteiger charge is 2.64. The van der Waals surface area contributed by atoms with Crippen molar-refractivity contribution in [1.82, 2.24) is 44.6 Å². The zero-order valence-electron chi connectivity index (χ0n) is 42.9. The fourth-order valence-electron chi connectivity index (χ4n) is 13.2. The van der Waals surface area contributed by atoms with Crippen molar-refractivity contribution in [2.24, 2.45) is 35.6 Å². The molecule has 374 valence electrons. The average Bonchev–Trinajstić information content (AvgIpc) is 3.96. The van der Waals surface area contributed by atoms with E-state index in [0.717, 1.165) is 89.3 Å². The number of ether oxygens (including phenoxy) is 1. The van der Waals surface area contributed by atoms with Gasteiger partial charge in [-0.2, -0.15) is 15.5 Å². The minimum absolute atomic E-state index is 0.118. The number of nitrogens with one attached hydrogen (secondary N) is 1. The largest absolute Gasteiger partial charge is 0.489 e. The van der Waals surface area contributed by atoms with E-state index >= 15 is 0 Å². The molecule has 2 aromatic carbocycles. The Morgan fingerprint density at radius 3 is 2.32 bits per heavy atom. The summed E-state index contributed by atoms with van der Waals surface area (Å²) in [6.45, 7) is 24.0. The molecular formula is C55H69ClN12O3. The first kappa shape index (κ1) is 48.6. The summed E-state index contributed by atoms with van der Waals surface area (Å²) in [5.74, 6) is 3.58. The van der Waals surface area contributed by atoms with Gasteiger partial charge in [-0.25, -0.2) is 9.97 Å².